The third-order valence-electron chi connectivity index (χ3n) is 2.35. The molecule has 8 nitrogen and oxygen atoms in total. The summed E-state index contributed by atoms with van der Waals surface area (Å²) in [6.45, 7) is 2.49. The Hall–Kier alpha value is -2.90. The van der Waals surface area contributed by atoms with Crippen molar-refractivity contribution in [2.75, 3.05) is 18.1 Å². The van der Waals surface area contributed by atoms with Crippen molar-refractivity contribution >= 4 is 23.1 Å². The second-order valence-corrected chi connectivity index (χ2v) is 3.81. The molecule has 0 bridgehead atoms. The predicted octanol–water partition coefficient (Wildman–Crippen LogP) is 1.75. The lowest BCUT2D eigenvalue weighted by molar-refractivity contribution is 0.340. The molecule has 0 unspecified atom stereocenters. The van der Waals surface area contributed by atoms with Crippen LogP contribution in [0.25, 0.3) is 0 Å². The highest BCUT2D eigenvalue weighted by Gasteiger charge is 2.06. The SMILES string of the molecule is CCOc1ccc(N=Nc2c(N)nc(N)[nH]c2=O)cc1. The molecule has 1 heterocycles. The number of H-pyrrole nitrogens is 1. The number of nitrogens with one attached hydrogen (secondary N) is 1. The molecule has 20 heavy (non-hydrogen) atoms. The molecule has 0 saturated carbocycles. The molecule has 0 radical (unpaired) electrons. The minimum atomic E-state index is -0.537. The van der Waals surface area contributed by atoms with Gasteiger partial charge in [-0.25, -0.2) is 0 Å². The van der Waals surface area contributed by atoms with Gasteiger partial charge in [0, 0.05) is 0 Å². The van der Waals surface area contributed by atoms with Gasteiger partial charge in [0.15, 0.2) is 11.5 Å². The van der Waals surface area contributed by atoms with Crippen LogP contribution in [0.15, 0.2) is 39.3 Å². The van der Waals surface area contributed by atoms with Gasteiger partial charge in [-0.05, 0) is 31.2 Å². The van der Waals surface area contributed by atoms with Crippen LogP contribution in [0.1, 0.15) is 6.92 Å². The number of hydrogen-bond acceptors (Lipinski definition) is 7. The third kappa shape index (κ3) is 3.10. The Morgan fingerprint density at radius 1 is 1.25 bits per heavy atom. The fourth-order valence-corrected chi connectivity index (χ4v) is 1.48. The van der Waals surface area contributed by atoms with Crippen LogP contribution in [0.5, 0.6) is 5.75 Å². The molecule has 0 fully saturated rings. The van der Waals surface area contributed by atoms with Crippen molar-refractivity contribution in [3.05, 3.63) is 34.6 Å². The minimum Gasteiger partial charge on any atom is -0.494 e. The van der Waals surface area contributed by atoms with Gasteiger partial charge in [-0.15, -0.1) is 5.11 Å². The van der Waals surface area contributed by atoms with E-state index in [-0.39, 0.29) is 17.5 Å². The predicted molar refractivity (Wildman–Crippen MR) is 75.5 cm³/mol. The third-order valence-corrected chi connectivity index (χ3v) is 2.35. The smallest absolute Gasteiger partial charge is 0.282 e. The Morgan fingerprint density at radius 2 is 1.95 bits per heavy atom. The first-order valence-electron chi connectivity index (χ1n) is 5.90. The van der Waals surface area contributed by atoms with Gasteiger partial charge >= 0.3 is 0 Å². The average molecular weight is 274 g/mol. The summed E-state index contributed by atoms with van der Waals surface area (Å²) in [5.41, 5.74) is 10.9. The van der Waals surface area contributed by atoms with E-state index < -0.39 is 5.56 Å². The number of nitrogens with two attached hydrogens (primary N) is 2. The van der Waals surface area contributed by atoms with Crippen molar-refractivity contribution < 1.29 is 4.74 Å². The maximum Gasteiger partial charge on any atom is 0.282 e. The molecule has 0 spiro atoms. The molecule has 0 aliphatic carbocycles. The van der Waals surface area contributed by atoms with Crippen molar-refractivity contribution in [2.45, 2.75) is 6.92 Å². The van der Waals surface area contributed by atoms with E-state index in [0.717, 1.165) is 5.75 Å². The fourth-order valence-electron chi connectivity index (χ4n) is 1.48. The molecule has 0 saturated heterocycles. The highest BCUT2D eigenvalue weighted by atomic mass is 16.5. The molecule has 0 atom stereocenters. The highest BCUT2D eigenvalue weighted by Crippen LogP contribution is 2.21. The van der Waals surface area contributed by atoms with Gasteiger partial charge in [-0.3, -0.25) is 9.78 Å². The molecule has 2 aromatic rings. The number of hydrogen-bond donors (Lipinski definition) is 3. The van der Waals surface area contributed by atoms with Crippen molar-refractivity contribution in [2.24, 2.45) is 10.2 Å². The average Bonchev–Trinajstić information content (AvgIpc) is 2.39. The van der Waals surface area contributed by atoms with E-state index in [1.807, 2.05) is 6.92 Å². The lowest BCUT2D eigenvalue weighted by Gasteiger charge is -2.02. The topological polar surface area (TPSA) is 132 Å². The molecular weight excluding hydrogens is 260 g/mol. The van der Waals surface area contributed by atoms with E-state index in [2.05, 4.69) is 20.2 Å². The van der Waals surface area contributed by atoms with Crippen LogP contribution < -0.4 is 21.8 Å². The van der Waals surface area contributed by atoms with E-state index in [0.29, 0.717) is 12.3 Å². The van der Waals surface area contributed by atoms with Gasteiger partial charge in [0.1, 0.15) is 5.75 Å². The Bertz CT molecular complexity index is 677. The first-order valence-corrected chi connectivity index (χ1v) is 5.90. The maximum atomic E-state index is 11.6. The van der Waals surface area contributed by atoms with Crippen LogP contribution in [-0.2, 0) is 0 Å². The molecule has 104 valence electrons. The summed E-state index contributed by atoms with van der Waals surface area (Å²) in [6, 6.07) is 6.94. The van der Waals surface area contributed by atoms with E-state index in [9.17, 15) is 4.79 Å². The van der Waals surface area contributed by atoms with Gasteiger partial charge in [0.25, 0.3) is 5.56 Å². The van der Waals surface area contributed by atoms with Gasteiger partial charge in [0.05, 0.1) is 12.3 Å². The number of anilines is 2. The summed E-state index contributed by atoms with van der Waals surface area (Å²) in [6.07, 6.45) is 0. The zero-order chi connectivity index (χ0) is 14.5. The van der Waals surface area contributed by atoms with Crippen LogP contribution in [-0.4, -0.2) is 16.6 Å². The molecular formula is C12H14N6O2. The summed E-state index contributed by atoms with van der Waals surface area (Å²) < 4.78 is 5.30. The molecule has 5 N–H and O–H groups in total. The number of ether oxygens (including phenoxy) is 1. The summed E-state index contributed by atoms with van der Waals surface area (Å²) in [5, 5.41) is 7.71. The number of nitrogens with zero attached hydrogens (tertiary/aromatic N) is 3. The summed E-state index contributed by atoms with van der Waals surface area (Å²) in [7, 11) is 0. The molecule has 2 rings (SSSR count). The van der Waals surface area contributed by atoms with Crippen molar-refractivity contribution in [3.63, 3.8) is 0 Å². The van der Waals surface area contributed by atoms with Gasteiger partial charge < -0.3 is 16.2 Å². The zero-order valence-corrected chi connectivity index (χ0v) is 10.8. The number of aromatic nitrogens is 2. The summed E-state index contributed by atoms with van der Waals surface area (Å²) in [5.74, 6) is 0.603. The Labute approximate surface area is 114 Å². The Morgan fingerprint density at radius 3 is 2.55 bits per heavy atom. The number of azo groups is 1. The number of rotatable bonds is 4. The van der Waals surface area contributed by atoms with E-state index in [1.165, 1.54) is 0 Å². The normalized spacial score (nSPS) is 10.8. The van der Waals surface area contributed by atoms with E-state index >= 15 is 0 Å². The standard InChI is InChI=1S/C12H14N6O2/c1-2-20-8-5-3-7(4-6-8)17-18-9-10(13)15-12(14)16-11(9)19/h3-6H,2H2,1H3,(H5,13,14,15,16,19). The van der Waals surface area contributed by atoms with Gasteiger partial charge in [-0.1, -0.05) is 0 Å². The number of nitrogen functional groups attached to an aromatic ring is 2. The molecule has 1 aromatic carbocycles. The first kappa shape index (κ1) is 13.5. The van der Waals surface area contributed by atoms with Crippen LogP contribution in [0.3, 0.4) is 0 Å². The number of aromatic amines is 1. The fraction of sp³-hybridized carbons (Fsp3) is 0.167. The minimum absolute atomic E-state index is 0.0625. The molecule has 0 amide bonds. The van der Waals surface area contributed by atoms with Gasteiger partial charge in [-0.2, -0.15) is 10.1 Å². The summed E-state index contributed by atoms with van der Waals surface area (Å²) >= 11 is 0. The van der Waals surface area contributed by atoms with Crippen LogP contribution >= 0.6 is 0 Å². The van der Waals surface area contributed by atoms with Gasteiger partial charge in [0.2, 0.25) is 5.95 Å². The van der Waals surface area contributed by atoms with E-state index in [1.54, 1.807) is 24.3 Å². The first-order chi connectivity index (χ1) is 9.60. The maximum absolute atomic E-state index is 11.6. The second-order valence-electron chi connectivity index (χ2n) is 3.81. The lowest BCUT2D eigenvalue weighted by atomic mass is 10.3. The van der Waals surface area contributed by atoms with Crippen molar-refractivity contribution in [1.82, 2.24) is 9.97 Å². The quantitative estimate of drug-likeness (QED) is 0.730. The van der Waals surface area contributed by atoms with Crippen molar-refractivity contribution in [3.8, 4) is 5.75 Å². The van der Waals surface area contributed by atoms with Crippen LogP contribution in [0.4, 0.5) is 23.1 Å². The highest BCUT2D eigenvalue weighted by molar-refractivity contribution is 5.57. The monoisotopic (exact) mass is 274 g/mol. The molecule has 0 aliphatic rings. The zero-order valence-electron chi connectivity index (χ0n) is 10.8. The lowest BCUT2D eigenvalue weighted by Crippen LogP contribution is -2.12. The second kappa shape index (κ2) is 5.83. The molecule has 8 heteroatoms. The molecule has 1 aromatic heterocycles. The Balaban J connectivity index is 2.23. The Kier molecular flexibility index (Phi) is 3.94. The van der Waals surface area contributed by atoms with Crippen LogP contribution in [0.2, 0.25) is 0 Å². The summed E-state index contributed by atoms with van der Waals surface area (Å²) in [4.78, 5) is 17.6. The van der Waals surface area contributed by atoms with Crippen LogP contribution in [0, 0.1) is 0 Å². The van der Waals surface area contributed by atoms with Crippen molar-refractivity contribution in [1.29, 1.82) is 0 Å². The largest absolute Gasteiger partial charge is 0.494 e. The number of benzene rings is 1. The molecule has 0 aliphatic heterocycles. The van der Waals surface area contributed by atoms with E-state index in [4.69, 9.17) is 16.2 Å².